The van der Waals surface area contributed by atoms with Crippen molar-refractivity contribution >= 4 is 51.6 Å². The first-order valence-corrected chi connectivity index (χ1v) is 9.54. The summed E-state index contributed by atoms with van der Waals surface area (Å²) in [5.74, 6) is 0.801. The summed E-state index contributed by atoms with van der Waals surface area (Å²) in [5.41, 5.74) is 1.32. The van der Waals surface area contributed by atoms with Gasteiger partial charge in [0.15, 0.2) is 0 Å². The second-order valence-electron chi connectivity index (χ2n) is 5.93. The van der Waals surface area contributed by atoms with Crippen LogP contribution < -0.4 is 10.9 Å². The SMILES string of the molecule is O=c1c(I)ccc2n1C(c1ccc(Cl)cc1)(c1ccc(Cl)cc1)CN2. The van der Waals surface area contributed by atoms with Crippen LogP contribution >= 0.6 is 45.8 Å². The number of rotatable bonds is 2. The molecule has 6 heteroatoms. The largest absolute Gasteiger partial charge is 0.368 e. The molecule has 1 aliphatic heterocycles. The molecule has 4 rings (SSSR count). The summed E-state index contributed by atoms with van der Waals surface area (Å²) in [5, 5.41) is 4.71. The van der Waals surface area contributed by atoms with E-state index in [1.54, 1.807) is 0 Å². The Morgan fingerprint density at radius 2 is 1.40 bits per heavy atom. The normalized spacial score (nSPS) is 14.8. The molecule has 0 saturated carbocycles. The third-order valence-electron chi connectivity index (χ3n) is 4.59. The van der Waals surface area contributed by atoms with E-state index in [1.165, 1.54) is 0 Å². The van der Waals surface area contributed by atoms with Gasteiger partial charge >= 0.3 is 0 Å². The molecule has 0 atom stereocenters. The molecule has 3 aromatic rings. The molecule has 25 heavy (non-hydrogen) atoms. The van der Waals surface area contributed by atoms with Crippen molar-refractivity contribution < 1.29 is 0 Å². The minimum Gasteiger partial charge on any atom is -0.368 e. The highest BCUT2D eigenvalue weighted by Crippen LogP contribution is 2.40. The van der Waals surface area contributed by atoms with Crippen LogP contribution in [0.15, 0.2) is 65.5 Å². The summed E-state index contributed by atoms with van der Waals surface area (Å²) in [4.78, 5) is 13.0. The summed E-state index contributed by atoms with van der Waals surface area (Å²) in [6.45, 7) is 0.575. The number of nitrogens with one attached hydrogen (secondary N) is 1. The highest BCUT2D eigenvalue weighted by Gasteiger charge is 2.43. The van der Waals surface area contributed by atoms with E-state index in [1.807, 2.05) is 65.2 Å². The number of pyridine rings is 1. The molecule has 2 heterocycles. The molecular weight excluding hydrogens is 470 g/mol. The van der Waals surface area contributed by atoms with Crippen LogP contribution in [-0.2, 0) is 5.54 Å². The number of anilines is 1. The number of halogens is 3. The average Bonchev–Trinajstić information content (AvgIpc) is 3.01. The van der Waals surface area contributed by atoms with E-state index in [0.29, 0.717) is 20.2 Å². The van der Waals surface area contributed by atoms with Gasteiger partial charge in [0.2, 0.25) is 0 Å². The molecule has 0 fully saturated rings. The minimum atomic E-state index is -0.650. The standard InChI is InChI=1S/C19H13Cl2IN2O/c20-14-5-1-12(2-6-14)19(13-3-7-15(21)8-4-13)11-23-17-10-9-16(22)18(25)24(17)19/h1-10,23H,11H2. The van der Waals surface area contributed by atoms with Crippen LogP contribution in [0.2, 0.25) is 10.0 Å². The maximum Gasteiger partial charge on any atom is 0.266 e. The van der Waals surface area contributed by atoms with Gasteiger partial charge in [-0.2, -0.15) is 0 Å². The van der Waals surface area contributed by atoms with E-state index in [2.05, 4.69) is 27.9 Å². The van der Waals surface area contributed by atoms with E-state index in [9.17, 15) is 4.79 Å². The Bertz CT molecular complexity index is 952. The molecule has 1 aromatic heterocycles. The maximum absolute atomic E-state index is 13.0. The molecule has 0 amide bonds. The minimum absolute atomic E-state index is 0.0204. The second-order valence-corrected chi connectivity index (χ2v) is 7.97. The van der Waals surface area contributed by atoms with Crippen molar-refractivity contribution in [3.63, 3.8) is 0 Å². The first-order valence-electron chi connectivity index (χ1n) is 7.70. The summed E-state index contributed by atoms with van der Waals surface area (Å²) in [7, 11) is 0. The van der Waals surface area contributed by atoms with Gasteiger partial charge in [-0.15, -0.1) is 0 Å². The molecule has 1 aliphatic rings. The van der Waals surface area contributed by atoms with Crippen molar-refractivity contribution in [1.82, 2.24) is 4.57 Å². The monoisotopic (exact) mass is 482 g/mol. The zero-order valence-corrected chi connectivity index (χ0v) is 16.6. The highest BCUT2D eigenvalue weighted by atomic mass is 127. The Morgan fingerprint density at radius 3 is 1.92 bits per heavy atom. The average molecular weight is 483 g/mol. The molecular formula is C19H13Cl2IN2O. The van der Waals surface area contributed by atoms with Crippen LogP contribution in [0.4, 0.5) is 5.82 Å². The molecule has 0 unspecified atom stereocenters. The highest BCUT2D eigenvalue weighted by molar-refractivity contribution is 14.1. The molecule has 1 N–H and O–H groups in total. The number of hydrogen-bond donors (Lipinski definition) is 1. The van der Waals surface area contributed by atoms with Gasteiger partial charge in [-0.05, 0) is 70.1 Å². The van der Waals surface area contributed by atoms with Crippen LogP contribution in [0.25, 0.3) is 0 Å². The zero-order valence-electron chi connectivity index (χ0n) is 13.0. The van der Waals surface area contributed by atoms with E-state index < -0.39 is 5.54 Å². The van der Waals surface area contributed by atoms with Crippen molar-refractivity contribution in [2.24, 2.45) is 0 Å². The van der Waals surface area contributed by atoms with Gasteiger partial charge in [-0.25, -0.2) is 0 Å². The zero-order chi connectivity index (χ0) is 17.6. The van der Waals surface area contributed by atoms with Crippen molar-refractivity contribution in [3.05, 3.63) is 95.8 Å². The Hall–Kier alpha value is -1.50. The van der Waals surface area contributed by atoms with Gasteiger partial charge in [0.05, 0.1) is 3.57 Å². The lowest BCUT2D eigenvalue weighted by Gasteiger charge is -2.32. The Kier molecular flexibility index (Phi) is 4.30. The Labute approximate surface area is 168 Å². The number of benzene rings is 2. The summed E-state index contributed by atoms with van der Waals surface area (Å²) >= 11 is 14.2. The Morgan fingerprint density at radius 1 is 0.880 bits per heavy atom. The van der Waals surface area contributed by atoms with Crippen LogP contribution in [0, 0.1) is 3.57 Å². The molecule has 0 saturated heterocycles. The summed E-state index contributed by atoms with van der Waals surface area (Å²) in [6, 6.07) is 19.1. The molecule has 0 bridgehead atoms. The second kappa shape index (κ2) is 6.34. The van der Waals surface area contributed by atoms with Crippen LogP contribution in [0.5, 0.6) is 0 Å². The molecule has 0 aliphatic carbocycles. The van der Waals surface area contributed by atoms with Gasteiger partial charge in [-0.3, -0.25) is 9.36 Å². The fraction of sp³-hybridized carbons (Fsp3) is 0.105. The fourth-order valence-electron chi connectivity index (χ4n) is 3.41. The lowest BCUT2D eigenvalue weighted by atomic mass is 9.83. The fourth-order valence-corrected chi connectivity index (χ4v) is 4.08. The van der Waals surface area contributed by atoms with Crippen molar-refractivity contribution in [2.45, 2.75) is 5.54 Å². The van der Waals surface area contributed by atoms with Gasteiger partial charge in [0.1, 0.15) is 11.4 Å². The first kappa shape index (κ1) is 16.9. The van der Waals surface area contributed by atoms with Crippen LogP contribution in [0.1, 0.15) is 11.1 Å². The van der Waals surface area contributed by atoms with Crippen molar-refractivity contribution in [1.29, 1.82) is 0 Å². The molecule has 0 radical (unpaired) electrons. The summed E-state index contributed by atoms with van der Waals surface area (Å²) in [6.07, 6.45) is 0. The van der Waals surface area contributed by atoms with Crippen LogP contribution in [0.3, 0.4) is 0 Å². The van der Waals surface area contributed by atoms with Crippen LogP contribution in [-0.4, -0.2) is 11.1 Å². The van der Waals surface area contributed by atoms with E-state index in [-0.39, 0.29) is 5.56 Å². The quantitative estimate of drug-likeness (QED) is 0.523. The number of hydrogen-bond acceptors (Lipinski definition) is 2. The predicted molar refractivity (Wildman–Crippen MR) is 111 cm³/mol. The Balaban J connectivity index is 2.07. The van der Waals surface area contributed by atoms with Gasteiger partial charge < -0.3 is 5.32 Å². The number of fused-ring (bicyclic) bond motifs is 1. The molecule has 3 nitrogen and oxygen atoms in total. The maximum atomic E-state index is 13.0. The van der Waals surface area contributed by atoms with E-state index in [0.717, 1.165) is 16.9 Å². The third-order valence-corrected chi connectivity index (χ3v) is 5.91. The van der Waals surface area contributed by atoms with Crippen molar-refractivity contribution in [3.8, 4) is 0 Å². The van der Waals surface area contributed by atoms with Gasteiger partial charge in [-0.1, -0.05) is 47.5 Å². The number of aromatic nitrogens is 1. The molecule has 0 spiro atoms. The smallest absolute Gasteiger partial charge is 0.266 e. The van der Waals surface area contributed by atoms with E-state index in [4.69, 9.17) is 23.2 Å². The number of nitrogens with zero attached hydrogens (tertiary/aromatic N) is 1. The third kappa shape index (κ3) is 2.67. The first-order chi connectivity index (χ1) is 12.0. The lowest BCUT2D eigenvalue weighted by Crippen LogP contribution is -2.43. The van der Waals surface area contributed by atoms with Gasteiger partial charge in [0, 0.05) is 16.6 Å². The topological polar surface area (TPSA) is 34.0 Å². The van der Waals surface area contributed by atoms with Gasteiger partial charge in [0.25, 0.3) is 5.56 Å². The van der Waals surface area contributed by atoms with E-state index >= 15 is 0 Å². The summed E-state index contributed by atoms with van der Waals surface area (Å²) < 4.78 is 2.51. The lowest BCUT2D eigenvalue weighted by molar-refractivity contribution is 0.483. The molecule has 126 valence electrons. The predicted octanol–water partition coefficient (Wildman–Crippen LogP) is 4.98. The molecule has 2 aromatic carbocycles. The van der Waals surface area contributed by atoms with Crippen molar-refractivity contribution in [2.75, 3.05) is 11.9 Å².